The van der Waals surface area contributed by atoms with Gasteiger partial charge in [0.15, 0.2) is 0 Å². The summed E-state index contributed by atoms with van der Waals surface area (Å²) >= 11 is 0. The van der Waals surface area contributed by atoms with E-state index in [1.807, 2.05) is 18.2 Å². The van der Waals surface area contributed by atoms with Crippen LogP contribution in [0.15, 0.2) is 37.2 Å². The van der Waals surface area contributed by atoms with E-state index in [4.69, 9.17) is 10.7 Å². The lowest BCUT2D eigenvalue weighted by atomic mass is 10.2. The topological polar surface area (TPSA) is 56.7 Å². The van der Waals surface area contributed by atoms with E-state index in [0.29, 0.717) is 18.3 Å². The number of nitrogens with zero attached hydrogens (tertiary/aromatic N) is 3. The number of hydrogen-bond acceptors (Lipinski definition) is 3. The second-order valence-electron chi connectivity index (χ2n) is 4.62. The van der Waals surface area contributed by atoms with Crippen molar-refractivity contribution in [1.29, 1.82) is 0 Å². The van der Waals surface area contributed by atoms with Crippen molar-refractivity contribution >= 4 is 5.82 Å². The number of nitrogen functional groups attached to an aromatic ring is 1. The van der Waals surface area contributed by atoms with Gasteiger partial charge in [-0.15, -0.1) is 6.58 Å². The van der Waals surface area contributed by atoms with Gasteiger partial charge in [0.05, 0.1) is 0 Å². The number of imidazole rings is 1. The molecule has 2 heterocycles. The van der Waals surface area contributed by atoms with Crippen molar-refractivity contribution in [2.45, 2.75) is 25.3 Å². The molecule has 4 nitrogen and oxygen atoms in total. The second kappa shape index (κ2) is 4.29. The Kier molecular flexibility index (Phi) is 2.63. The summed E-state index contributed by atoms with van der Waals surface area (Å²) in [6, 6.07) is 3.89. The van der Waals surface area contributed by atoms with Crippen LogP contribution in [0.25, 0.3) is 11.3 Å². The van der Waals surface area contributed by atoms with Crippen molar-refractivity contribution in [3.63, 3.8) is 0 Å². The van der Waals surface area contributed by atoms with Crippen molar-refractivity contribution < 1.29 is 0 Å². The van der Waals surface area contributed by atoms with Gasteiger partial charge in [-0.1, -0.05) is 6.08 Å². The number of rotatable bonds is 4. The quantitative estimate of drug-likeness (QED) is 0.836. The van der Waals surface area contributed by atoms with Gasteiger partial charge in [-0.2, -0.15) is 0 Å². The number of pyridine rings is 1. The molecule has 2 aromatic rings. The molecule has 0 atom stereocenters. The zero-order valence-corrected chi connectivity index (χ0v) is 10.2. The van der Waals surface area contributed by atoms with Gasteiger partial charge in [0.1, 0.15) is 17.3 Å². The van der Waals surface area contributed by atoms with Crippen LogP contribution in [0.4, 0.5) is 5.82 Å². The lowest BCUT2D eigenvalue weighted by Gasteiger charge is -2.05. The maximum atomic E-state index is 6.21. The highest BCUT2D eigenvalue weighted by atomic mass is 15.1. The van der Waals surface area contributed by atoms with Crippen LogP contribution in [-0.2, 0) is 6.54 Å². The summed E-state index contributed by atoms with van der Waals surface area (Å²) in [6.45, 7) is 4.50. The van der Waals surface area contributed by atoms with Gasteiger partial charge < -0.3 is 10.3 Å². The van der Waals surface area contributed by atoms with Crippen LogP contribution >= 0.6 is 0 Å². The zero-order valence-electron chi connectivity index (χ0n) is 10.2. The molecular weight excluding hydrogens is 224 g/mol. The van der Waals surface area contributed by atoms with Crippen molar-refractivity contribution in [2.24, 2.45) is 0 Å². The first-order chi connectivity index (χ1) is 8.81. The first-order valence-corrected chi connectivity index (χ1v) is 6.18. The van der Waals surface area contributed by atoms with Gasteiger partial charge in [0.2, 0.25) is 0 Å². The third kappa shape index (κ3) is 1.79. The standard InChI is InChI=1S/C14H16N4/c1-2-8-18-13(15)12(11-4-3-7-16-9-11)17-14(18)10-5-6-10/h2-4,7,9-10H,1,5-6,8,15H2. The minimum atomic E-state index is 0.567. The van der Waals surface area contributed by atoms with Gasteiger partial charge in [-0.05, 0) is 25.0 Å². The predicted molar refractivity (Wildman–Crippen MR) is 72.0 cm³/mol. The van der Waals surface area contributed by atoms with Gasteiger partial charge >= 0.3 is 0 Å². The Hall–Kier alpha value is -2.10. The molecule has 92 valence electrons. The molecule has 1 fully saturated rings. The van der Waals surface area contributed by atoms with Crippen LogP contribution in [-0.4, -0.2) is 14.5 Å². The fraction of sp³-hybridized carbons (Fsp3) is 0.286. The third-order valence-corrected chi connectivity index (χ3v) is 3.23. The van der Waals surface area contributed by atoms with Crippen molar-refractivity contribution in [2.75, 3.05) is 5.73 Å². The average molecular weight is 240 g/mol. The highest BCUT2D eigenvalue weighted by molar-refractivity contribution is 5.70. The lowest BCUT2D eigenvalue weighted by Crippen LogP contribution is -2.05. The molecule has 0 saturated heterocycles. The Morgan fingerprint density at radius 2 is 2.33 bits per heavy atom. The van der Waals surface area contributed by atoms with E-state index in [1.165, 1.54) is 12.8 Å². The molecule has 0 spiro atoms. The zero-order chi connectivity index (χ0) is 12.5. The van der Waals surface area contributed by atoms with E-state index in [0.717, 1.165) is 17.1 Å². The van der Waals surface area contributed by atoms with Crippen LogP contribution in [0, 0.1) is 0 Å². The Labute approximate surface area is 106 Å². The van der Waals surface area contributed by atoms with E-state index >= 15 is 0 Å². The number of aromatic nitrogens is 3. The van der Waals surface area contributed by atoms with Gasteiger partial charge in [0.25, 0.3) is 0 Å². The maximum absolute atomic E-state index is 6.21. The number of nitrogens with two attached hydrogens (primary N) is 1. The largest absolute Gasteiger partial charge is 0.383 e. The molecule has 18 heavy (non-hydrogen) atoms. The summed E-state index contributed by atoms with van der Waals surface area (Å²) in [7, 11) is 0. The van der Waals surface area contributed by atoms with Crippen molar-refractivity contribution in [3.8, 4) is 11.3 Å². The molecule has 1 aliphatic carbocycles. The molecule has 0 bridgehead atoms. The number of hydrogen-bond donors (Lipinski definition) is 1. The fourth-order valence-electron chi connectivity index (χ4n) is 2.17. The van der Waals surface area contributed by atoms with Gasteiger partial charge in [-0.25, -0.2) is 4.98 Å². The molecule has 0 radical (unpaired) electrons. The van der Waals surface area contributed by atoms with E-state index in [1.54, 1.807) is 12.4 Å². The molecule has 2 aromatic heterocycles. The van der Waals surface area contributed by atoms with Crippen molar-refractivity contribution in [3.05, 3.63) is 43.0 Å². The minimum absolute atomic E-state index is 0.567. The normalized spacial score (nSPS) is 14.7. The molecule has 1 saturated carbocycles. The molecule has 3 rings (SSSR count). The van der Waals surface area contributed by atoms with Crippen LogP contribution < -0.4 is 5.73 Å². The number of anilines is 1. The van der Waals surface area contributed by atoms with E-state index in [-0.39, 0.29) is 0 Å². The van der Waals surface area contributed by atoms with Crippen LogP contribution in [0.1, 0.15) is 24.6 Å². The lowest BCUT2D eigenvalue weighted by molar-refractivity contribution is 0.750. The van der Waals surface area contributed by atoms with E-state index < -0.39 is 0 Å². The first-order valence-electron chi connectivity index (χ1n) is 6.18. The van der Waals surface area contributed by atoms with Crippen LogP contribution in [0.5, 0.6) is 0 Å². The van der Waals surface area contributed by atoms with Gasteiger partial charge in [-0.3, -0.25) is 4.98 Å². The summed E-state index contributed by atoms with van der Waals surface area (Å²) in [5.74, 6) is 2.37. The van der Waals surface area contributed by atoms with Crippen molar-refractivity contribution in [1.82, 2.24) is 14.5 Å². The molecule has 2 N–H and O–H groups in total. The smallest absolute Gasteiger partial charge is 0.132 e. The Morgan fingerprint density at radius 3 is 2.94 bits per heavy atom. The Morgan fingerprint density at radius 1 is 1.50 bits per heavy atom. The SMILES string of the molecule is C=CCn1c(C2CC2)nc(-c2cccnc2)c1N. The average Bonchev–Trinajstić information content (AvgIpc) is 3.19. The molecular formula is C14H16N4. The first kappa shape index (κ1) is 11.0. The monoisotopic (exact) mass is 240 g/mol. The van der Waals surface area contributed by atoms with Crippen LogP contribution in [0.3, 0.4) is 0 Å². The minimum Gasteiger partial charge on any atom is -0.383 e. The van der Waals surface area contributed by atoms with E-state index in [9.17, 15) is 0 Å². The maximum Gasteiger partial charge on any atom is 0.132 e. The van der Waals surface area contributed by atoms with E-state index in [2.05, 4.69) is 16.1 Å². The number of allylic oxidation sites excluding steroid dienone is 1. The third-order valence-electron chi connectivity index (χ3n) is 3.23. The molecule has 0 unspecified atom stereocenters. The summed E-state index contributed by atoms with van der Waals surface area (Å²) in [4.78, 5) is 8.83. The molecule has 0 aromatic carbocycles. The summed E-state index contributed by atoms with van der Waals surface area (Å²) in [5.41, 5.74) is 8.02. The molecule has 1 aliphatic rings. The summed E-state index contributed by atoms with van der Waals surface area (Å²) < 4.78 is 2.06. The molecule has 0 aliphatic heterocycles. The summed E-state index contributed by atoms with van der Waals surface area (Å²) in [5, 5.41) is 0. The molecule has 4 heteroatoms. The van der Waals surface area contributed by atoms with Crippen LogP contribution in [0.2, 0.25) is 0 Å². The van der Waals surface area contributed by atoms with Gasteiger partial charge in [0, 0.05) is 30.4 Å². The Bertz CT molecular complexity index is 567. The Balaban J connectivity index is 2.10. The highest BCUT2D eigenvalue weighted by Crippen LogP contribution is 2.42. The fourth-order valence-corrected chi connectivity index (χ4v) is 2.17. The second-order valence-corrected chi connectivity index (χ2v) is 4.62. The predicted octanol–water partition coefficient (Wildman–Crippen LogP) is 2.59. The highest BCUT2D eigenvalue weighted by Gasteiger charge is 2.30. The molecule has 0 amide bonds. The summed E-state index contributed by atoms with van der Waals surface area (Å²) in [6.07, 6.45) is 7.83.